The Hall–Kier alpha value is -0.530. The molecule has 2 nitrogen and oxygen atoms in total. The van der Waals surface area contributed by atoms with Gasteiger partial charge in [0.05, 0.1) is 0 Å². The van der Waals surface area contributed by atoms with Crippen molar-refractivity contribution >= 4 is 5.97 Å². The number of fused-ring (bicyclic) bond motifs is 5. The van der Waals surface area contributed by atoms with Crippen molar-refractivity contribution in [2.75, 3.05) is 0 Å². The molecule has 0 saturated heterocycles. The zero-order valence-corrected chi connectivity index (χ0v) is 23.5. The van der Waals surface area contributed by atoms with Crippen molar-refractivity contribution < 1.29 is 9.53 Å². The van der Waals surface area contributed by atoms with Crippen molar-refractivity contribution in [3.8, 4) is 0 Å². The van der Waals surface area contributed by atoms with Crippen LogP contribution in [0.4, 0.5) is 0 Å². The number of esters is 1. The van der Waals surface area contributed by atoms with Crippen LogP contribution in [0.2, 0.25) is 0 Å². The Morgan fingerprint density at radius 1 is 0.912 bits per heavy atom. The van der Waals surface area contributed by atoms with Crippen molar-refractivity contribution in [3.05, 3.63) is 0 Å². The minimum absolute atomic E-state index is 0.0765. The molecular weight excluding hydrogens is 416 g/mol. The molecule has 0 N–H and O–H groups in total. The summed E-state index contributed by atoms with van der Waals surface area (Å²) >= 11 is 0. The maximum atomic E-state index is 12.7. The summed E-state index contributed by atoms with van der Waals surface area (Å²) in [6, 6.07) is 0. The van der Waals surface area contributed by atoms with Crippen LogP contribution < -0.4 is 0 Å². The van der Waals surface area contributed by atoms with E-state index in [4.69, 9.17) is 4.74 Å². The van der Waals surface area contributed by atoms with E-state index in [0.717, 1.165) is 60.7 Å². The van der Waals surface area contributed by atoms with E-state index >= 15 is 0 Å². The van der Waals surface area contributed by atoms with Crippen LogP contribution in [0.25, 0.3) is 0 Å². The highest BCUT2D eigenvalue weighted by Gasteiger charge is 2.62. The van der Waals surface area contributed by atoms with Gasteiger partial charge in [-0.15, -0.1) is 0 Å². The summed E-state index contributed by atoms with van der Waals surface area (Å²) in [5, 5.41) is 0. The second-order valence-corrected chi connectivity index (χ2v) is 14.1. The topological polar surface area (TPSA) is 26.3 Å². The second kappa shape index (κ2) is 10.8. The normalized spacial score (nSPS) is 42.6. The van der Waals surface area contributed by atoms with Gasteiger partial charge in [0, 0.05) is 11.8 Å². The number of hydrogen-bond donors (Lipinski definition) is 0. The summed E-state index contributed by atoms with van der Waals surface area (Å²) in [6.45, 7) is 14.7. The molecule has 0 bridgehead atoms. The molecule has 196 valence electrons. The summed E-state index contributed by atoms with van der Waals surface area (Å²) in [6.07, 6.45) is 19.3. The lowest BCUT2D eigenvalue weighted by atomic mass is 9.44. The van der Waals surface area contributed by atoms with Gasteiger partial charge in [-0.1, -0.05) is 67.2 Å². The maximum absolute atomic E-state index is 12.7. The van der Waals surface area contributed by atoms with Gasteiger partial charge in [-0.05, 0) is 111 Å². The minimum atomic E-state index is 0.0765. The highest BCUT2D eigenvalue weighted by Crippen LogP contribution is 2.68. The van der Waals surface area contributed by atoms with Gasteiger partial charge < -0.3 is 4.74 Å². The quantitative estimate of drug-likeness (QED) is 0.313. The molecule has 0 aromatic heterocycles. The average molecular weight is 473 g/mol. The van der Waals surface area contributed by atoms with Gasteiger partial charge in [0.2, 0.25) is 0 Å². The standard InChI is InChI=1S/C32H56O2/c1-7-8-15-30(33)34-29-14-10-13-24-16-17-25-27-19-18-26(23(4)12-9-11-22(2)3)31(27,5)21-20-28(25)32(24,29)6/h22-29H,7-21H2,1-6H3/t23-,24+,25+,26-,27-,28-,29?,31+,32-/m0/s1. The zero-order valence-electron chi connectivity index (χ0n) is 23.5. The van der Waals surface area contributed by atoms with Gasteiger partial charge in [0.1, 0.15) is 6.10 Å². The van der Waals surface area contributed by atoms with Gasteiger partial charge in [-0.3, -0.25) is 4.79 Å². The third-order valence-electron chi connectivity index (χ3n) is 11.9. The van der Waals surface area contributed by atoms with Crippen LogP contribution in [-0.4, -0.2) is 12.1 Å². The molecule has 4 aliphatic carbocycles. The molecule has 4 saturated carbocycles. The first-order valence-corrected chi connectivity index (χ1v) is 15.4. The van der Waals surface area contributed by atoms with E-state index in [1.165, 1.54) is 70.6 Å². The molecule has 4 rings (SSSR count). The highest BCUT2D eigenvalue weighted by molar-refractivity contribution is 5.69. The second-order valence-electron chi connectivity index (χ2n) is 14.1. The van der Waals surface area contributed by atoms with E-state index in [1.807, 2.05) is 0 Å². The molecule has 0 amide bonds. The molecule has 0 heterocycles. The fourth-order valence-electron chi connectivity index (χ4n) is 10.0. The largest absolute Gasteiger partial charge is 0.462 e. The lowest BCUT2D eigenvalue weighted by Crippen LogP contribution is -2.58. The minimum Gasteiger partial charge on any atom is -0.462 e. The van der Waals surface area contributed by atoms with Crippen LogP contribution in [0.1, 0.15) is 138 Å². The number of rotatable bonds is 9. The molecule has 9 atom stereocenters. The van der Waals surface area contributed by atoms with Crippen LogP contribution in [0.3, 0.4) is 0 Å². The predicted octanol–water partition coefficient (Wildman–Crippen LogP) is 9.21. The third kappa shape index (κ3) is 4.87. The van der Waals surface area contributed by atoms with Gasteiger partial charge in [-0.2, -0.15) is 0 Å². The van der Waals surface area contributed by atoms with Crippen molar-refractivity contribution in [1.29, 1.82) is 0 Å². The summed E-state index contributed by atoms with van der Waals surface area (Å²) < 4.78 is 6.34. The van der Waals surface area contributed by atoms with Gasteiger partial charge in [-0.25, -0.2) is 0 Å². The van der Waals surface area contributed by atoms with E-state index in [0.29, 0.717) is 11.8 Å². The molecule has 0 radical (unpaired) electrons. The molecule has 0 aromatic carbocycles. The molecule has 0 aliphatic heterocycles. The average Bonchev–Trinajstić information content (AvgIpc) is 3.15. The van der Waals surface area contributed by atoms with Gasteiger partial charge in [0.15, 0.2) is 0 Å². The Bertz CT molecular complexity index is 684. The van der Waals surface area contributed by atoms with Crippen molar-refractivity contribution in [3.63, 3.8) is 0 Å². The molecule has 2 heteroatoms. The number of carbonyl (C=O) groups is 1. The summed E-state index contributed by atoms with van der Waals surface area (Å²) in [7, 11) is 0. The Morgan fingerprint density at radius 2 is 1.71 bits per heavy atom. The van der Waals surface area contributed by atoms with Crippen LogP contribution >= 0.6 is 0 Å². The lowest BCUT2D eigenvalue weighted by molar-refractivity contribution is -0.192. The zero-order chi connectivity index (χ0) is 24.5. The van der Waals surface area contributed by atoms with E-state index in [9.17, 15) is 4.79 Å². The van der Waals surface area contributed by atoms with Crippen LogP contribution in [0, 0.1) is 52.3 Å². The number of carbonyl (C=O) groups excluding carboxylic acids is 1. The molecule has 1 unspecified atom stereocenters. The van der Waals surface area contributed by atoms with E-state index in [2.05, 4.69) is 41.5 Å². The maximum Gasteiger partial charge on any atom is 0.306 e. The van der Waals surface area contributed by atoms with Crippen LogP contribution in [-0.2, 0) is 9.53 Å². The Labute approximate surface area is 211 Å². The van der Waals surface area contributed by atoms with Gasteiger partial charge in [0.25, 0.3) is 0 Å². The van der Waals surface area contributed by atoms with E-state index < -0.39 is 0 Å². The van der Waals surface area contributed by atoms with Crippen LogP contribution in [0.5, 0.6) is 0 Å². The summed E-state index contributed by atoms with van der Waals surface area (Å²) in [5.74, 6) is 6.01. The van der Waals surface area contributed by atoms with Crippen LogP contribution in [0.15, 0.2) is 0 Å². The summed E-state index contributed by atoms with van der Waals surface area (Å²) in [5.41, 5.74) is 0.759. The first-order valence-electron chi connectivity index (χ1n) is 15.4. The monoisotopic (exact) mass is 472 g/mol. The van der Waals surface area contributed by atoms with Crippen molar-refractivity contribution in [2.45, 2.75) is 144 Å². The Balaban J connectivity index is 1.48. The van der Waals surface area contributed by atoms with Gasteiger partial charge >= 0.3 is 5.97 Å². The highest BCUT2D eigenvalue weighted by atomic mass is 16.5. The molecule has 0 spiro atoms. The predicted molar refractivity (Wildman–Crippen MR) is 142 cm³/mol. The van der Waals surface area contributed by atoms with E-state index in [1.54, 1.807) is 0 Å². The fourth-order valence-corrected chi connectivity index (χ4v) is 10.0. The fraction of sp³-hybridized carbons (Fsp3) is 0.969. The number of unbranched alkanes of at least 4 members (excludes halogenated alkanes) is 1. The van der Waals surface area contributed by atoms with E-state index in [-0.39, 0.29) is 17.5 Å². The molecule has 4 aliphatic rings. The molecule has 4 fully saturated rings. The number of hydrogen-bond acceptors (Lipinski definition) is 2. The molecular formula is C32H56O2. The SMILES string of the molecule is CCCCC(=O)OC1CCC[C@@H]2CC[C@@H]3[C@@H]4CC[C@@H]([C@@H](C)CCCC(C)C)[C@@]4(C)CC[C@@H]3[C@@]12C. The van der Waals surface area contributed by atoms with Crippen molar-refractivity contribution in [1.82, 2.24) is 0 Å². The Kier molecular flexibility index (Phi) is 8.46. The van der Waals surface area contributed by atoms with Crippen molar-refractivity contribution in [2.24, 2.45) is 52.3 Å². The first-order chi connectivity index (χ1) is 16.2. The summed E-state index contributed by atoms with van der Waals surface area (Å²) in [4.78, 5) is 12.7. The molecule has 34 heavy (non-hydrogen) atoms. The lowest BCUT2D eigenvalue weighted by Gasteiger charge is -2.62. The Morgan fingerprint density at radius 3 is 2.44 bits per heavy atom. The first kappa shape index (κ1) is 26.5. The molecule has 0 aromatic rings. The smallest absolute Gasteiger partial charge is 0.306 e. The number of ether oxygens (including phenoxy) is 1. The third-order valence-corrected chi connectivity index (χ3v) is 11.9.